The number of hydrogen-bond donors (Lipinski definition) is 1. The zero-order valence-electron chi connectivity index (χ0n) is 16.1. The van der Waals surface area contributed by atoms with Gasteiger partial charge in [-0.05, 0) is 62.2 Å². The molecular formula is C21H22N4O3. The minimum absolute atomic E-state index is 0.244. The summed E-state index contributed by atoms with van der Waals surface area (Å²) in [5, 5.41) is 10.9. The first-order valence-electron chi connectivity index (χ1n) is 9.13. The maximum Gasteiger partial charge on any atom is 0.338 e. The third kappa shape index (κ3) is 4.09. The number of benzene rings is 2. The predicted molar refractivity (Wildman–Crippen MR) is 106 cm³/mol. The molecule has 3 rings (SSSR count). The number of ether oxygens (including phenoxy) is 1. The minimum Gasteiger partial charge on any atom is -0.462 e. The highest BCUT2D eigenvalue weighted by Crippen LogP contribution is 2.16. The van der Waals surface area contributed by atoms with Gasteiger partial charge in [0, 0.05) is 5.69 Å². The zero-order chi connectivity index (χ0) is 20.1. The van der Waals surface area contributed by atoms with Crippen LogP contribution in [-0.2, 0) is 11.2 Å². The molecule has 0 saturated heterocycles. The van der Waals surface area contributed by atoms with E-state index in [0.717, 1.165) is 12.1 Å². The molecule has 0 aliphatic heterocycles. The fraction of sp³-hybridized carbons (Fsp3) is 0.238. The summed E-state index contributed by atoms with van der Waals surface area (Å²) in [6.45, 7) is 5.96. The van der Waals surface area contributed by atoms with Crippen LogP contribution in [-0.4, -0.2) is 33.5 Å². The number of carbonyl (C=O) groups excluding carboxylic acids is 2. The van der Waals surface area contributed by atoms with Crippen LogP contribution < -0.4 is 5.32 Å². The Morgan fingerprint density at radius 2 is 1.71 bits per heavy atom. The van der Waals surface area contributed by atoms with Crippen molar-refractivity contribution in [2.45, 2.75) is 27.2 Å². The zero-order valence-corrected chi connectivity index (χ0v) is 16.1. The van der Waals surface area contributed by atoms with Gasteiger partial charge in [0.05, 0.1) is 23.6 Å². The first-order chi connectivity index (χ1) is 13.5. The van der Waals surface area contributed by atoms with Crippen molar-refractivity contribution in [2.24, 2.45) is 0 Å². The van der Waals surface area contributed by atoms with Crippen LogP contribution in [0, 0.1) is 6.92 Å². The van der Waals surface area contributed by atoms with E-state index in [9.17, 15) is 9.59 Å². The van der Waals surface area contributed by atoms with Crippen LogP contribution >= 0.6 is 0 Å². The van der Waals surface area contributed by atoms with E-state index in [1.807, 2.05) is 24.3 Å². The number of rotatable bonds is 6. The molecule has 7 nitrogen and oxygen atoms in total. The molecule has 0 saturated carbocycles. The maximum atomic E-state index is 12.6. The van der Waals surface area contributed by atoms with Crippen molar-refractivity contribution < 1.29 is 14.3 Å². The topological polar surface area (TPSA) is 86.1 Å². The van der Waals surface area contributed by atoms with Gasteiger partial charge in [-0.2, -0.15) is 0 Å². The smallest absolute Gasteiger partial charge is 0.338 e. The van der Waals surface area contributed by atoms with E-state index in [4.69, 9.17) is 4.74 Å². The van der Waals surface area contributed by atoms with Crippen molar-refractivity contribution in [3.63, 3.8) is 0 Å². The number of nitrogens with zero attached hydrogens (tertiary/aromatic N) is 3. The van der Waals surface area contributed by atoms with Gasteiger partial charge in [-0.3, -0.25) is 4.79 Å². The molecule has 0 fully saturated rings. The molecule has 0 bridgehead atoms. The summed E-state index contributed by atoms with van der Waals surface area (Å²) in [5.41, 5.74) is 3.95. The van der Waals surface area contributed by atoms with Crippen LogP contribution in [0.2, 0.25) is 0 Å². The molecule has 0 aliphatic carbocycles. The second kappa shape index (κ2) is 8.47. The highest BCUT2D eigenvalue weighted by molar-refractivity contribution is 6.03. The third-order valence-corrected chi connectivity index (χ3v) is 4.35. The quantitative estimate of drug-likeness (QED) is 0.663. The predicted octanol–water partition coefficient (Wildman–Crippen LogP) is 3.57. The Hall–Kier alpha value is -3.48. The summed E-state index contributed by atoms with van der Waals surface area (Å²) >= 11 is 0. The van der Waals surface area contributed by atoms with E-state index in [0.29, 0.717) is 23.6 Å². The average Bonchev–Trinajstić information content (AvgIpc) is 3.10. The lowest BCUT2D eigenvalue weighted by atomic mass is 10.1. The molecule has 0 atom stereocenters. The van der Waals surface area contributed by atoms with E-state index >= 15 is 0 Å². The second-order valence-corrected chi connectivity index (χ2v) is 6.21. The molecule has 28 heavy (non-hydrogen) atoms. The van der Waals surface area contributed by atoms with Crippen molar-refractivity contribution in [1.29, 1.82) is 0 Å². The fourth-order valence-corrected chi connectivity index (χ4v) is 2.75. The van der Waals surface area contributed by atoms with Gasteiger partial charge in [-0.15, -0.1) is 5.10 Å². The van der Waals surface area contributed by atoms with Gasteiger partial charge in [0.1, 0.15) is 0 Å². The number of aromatic nitrogens is 3. The van der Waals surface area contributed by atoms with Crippen LogP contribution in [0.15, 0.2) is 48.5 Å². The molecule has 2 aromatic carbocycles. The monoisotopic (exact) mass is 378 g/mol. The largest absolute Gasteiger partial charge is 0.462 e. The maximum absolute atomic E-state index is 12.6. The minimum atomic E-state index is -0.395. The summed E-state index contributed by atoms with van der Waals surface area (Å²) in [7, 11) is 0. The lowest BCUT2D eigenvalue weighted by Crippen LogP contribution is -2.14. The molecule has 1 N–H and O–H groups in total. The molecule has 0 unspecified atom stereocenters. The molecule has 1 aromatic heterocycles. The number of carbonyl (C=O) groups is 2. The Balaban J connectivity index is 1.74. The van der Waals surface area contributed by atoms with E-state index in [1.165, 1.54) is 5.56 Å². The summed E-state index contributed by atoms with van der Waals surface area (Å²) in [5.74, 6) is -0.758. The molecule has 0 radical (unpaired) electrons. The number of amides is 1. The summed E-state index contributed by atoms with van der Waals surface area (Å²) in [4.78, 5) is 24.3. The van der Waals surface area contributed by atoms with Crippen molar-refractivity contribution in [3.8, 4) is 5.69 Å². The Morgan fingerprint density at radius 1 is 1.04 bits per heavy atom. The highest BCUT2D eigenvalue weighted by Gasteiger charge is 2.18. The van der Waals surface area contributed by atoms with Crippen molar-refractivity contribution in [3.05, 3.63) is 71.0 Å². The van der Waals surface area contributed by atoms with E-state index in [1.54, 1.807) is 42.8 Å². The fourth-order valence-electron chi connectivity index (χ4n) is 2.75. The van der Waals surface area contributed by atoms with Crippen molar-refractivity contribution >= 4 is 17.6 Å². The molecule has 0 spiro atoms. The molecule has 0 aliphatic rings. The van der Waals surface area contributed by atoms with Gasteiger partial charge in [0.2, 0.25) is 0 Å². The number of aryl methyl sites for hydroxylation is 1. The Kier molecular flexibility index (Phi) is 5.84. The number of esters is 1. The molecule has 1 amide bonds. The molecule has 144 valence electrons. The standard InChI is InChI=1S/C21H22N4O3/c1-4-15-6-12-18(13-7-15)25-14(3)19(23-24-25)20(26)22-17-10-8-16(9-11-17)21(27)28-5-2/h6-13H,4-5H2,1-3H3,(H,22,26). The third-order valence-electron chi connectivity index (χ3n) is 4.35. The van der Waals surface area contributed by atoms with E-state index < -0.39 is 5.97 Å². The lowest BCUT2D eigenvalue weighted by molar-refractivity contribution is 0.0526. The van der Waals surface area contributed by atoms with Crippen molar-refractivity contribution in [2.75, 3.05) is 11.9 Å². The molecule has 3 aromatic rings. The van der Waals surface area contributed by atoms with Crippen LogP contribution in [0.3, 0.4) is 0 Å². The van der Waals surface area contributed by atoms with Crippen molar-refractivity contribution in [1.82, 2.24) is 15.0 Å². The summed E-state index contributed by atoms with van der Waals surface area (Å²) in [6.07, 6.45) is 0.958. The summed E-state index contributed by atoms with van der Waals surface area (Å²) < 4.78 is 6.58. The van der Waals surface area contributed by atoms with Gasteiger partial charge in [0.25, 0.3) is 5.91 Å². The first kappa shape index (κ1) is 19.3. The Labute approximate surface area is 163 Å². The van der Waals surface area contributed by atoms with Crippen LogP contribution in [0.5, 0.6) is 0 Å². The van der Waals surface area contributed by atoms with Crippen LogP contribution in [0.1, 0.15) is 46.0 Å². The van der Waals surface area contributed by atoms with Crippen LogP contribution in [0.4, 0.5) is 5.69 Å². The van der Waals surface area contributed by atoms with E-state index in [-0.39, 0.29) is 11.6 Å². The summed E-state index contributed by atoms with van der Waals surface area (Å²) in [6, 6.07) is 14.5. The molecule has 7 heteroatoms. The normalized spacial score (nSPS) is 10.5. The Morgan fingerprint density at radius 3 is 2.32 bits per heavy atom. The average molecular weight is 378 g/mol. The van der Waals surface area contributed by atoms with Gasteiger partial charge >= 0.3 is 5.97 Å². The van der Waals surface area contributed by atoms with E-state index in [2.05, 4.69) is 22.6 Å². The SMILES string of the molecule is CCOC(=O)c1ccc(NC(=O)c2nnn(-c3ccc(CC)cc3)c2C)cc1. The van der Waals surface area contributed by atoms with Gasteiger partial charge < -0.3 is 10.1 Å². The van der Waals surface area contributed by atoms with Crippen LogP contribution in [0.25, 0.3) is 5.69 Å². The Bertz CT molecular complexity index is 976. The number of hydrogen-bond acceptors (Lipinski definition) is 5. The first-order valence-corrected chi connectivity index (χ1v) is 9.13. The lowest BCUT2D eigenvalue weighted by Gasteiger charge is -2.07. The van der Waals surface area contributed by atoms with Gasteiger partial charge in [0.15, 0.2) is 5.69 Å². The number of anilines is 1. The molecule has 1 heterocycles. The second-order valence-electron chi connectivity index (χ2n) is 6.21. The highest BCUT2D eigenvalue weighted by atomic mass is 16.5. The molecular weight excluding hydrogens is 356 g/mol. The number of nitrogens with one attached hydrogen (secondary N) is 1. The van der Waals surface area contributed by atoms with Gasteiger partial charge in [-0.1, -0.05) is 24.3 Å². The van der Waals surface area contributed by atoms with Gasteiger partial charge in [-0.25, -0.2) is 9.48 Å².